The lowest BCUT2D eigenvalue weighted by Gasteiger charge is -2.25. The Bertz CT molecular complexity index is 924. The Morgan fingerprint density at radius 3 is 2.04 bits per heavy atom. The molecule has 26 heavy (non-hydrogen) atoms. The second-order valence-electron chi connectivity index (χ2n) is 5.50. The minimum Gasteiger partial charge on any atom is -0.378 e. The largest absolute Gasteiger partial charge is 0.418 e. The number of halogens is 6. The van der Waals surface area contributed by atoms with Crippen LogP contribution in [0.1, 0.15) is 37.4 Å². The van der Waals surface area contributed by atoms with Gasteiger partial charge in [-0.05, 0) is 22.0 Å². The summed E-state index contributed by atoms with van der Waals surface area (Å²) in [6.45, 7) is -1.10. The summed E-state index contributed by atoms with van der Waals surface area (Å²) >= 11 is 2.91. The summed E-state index contributed by atoms with van der Waals surface area (Å²) in [7, 11) is 0. The molecule has 0 radical (unpaired) electrons. The van der Waals surface area contributed by atoms with Crippen molar-refractivity contribution in [3.05, 3.63) is 62.6 Å². The highest BCUT2D eigenvalue weighted by atomic mass is 79.9. The number of carbonyl (C=O) groups excluding carboxylic acids is 2. The van der Waals surface area contributed by atoms with E-state index in [0.29, 0.717) is 6.07 Å². The topological polar surface area (TPSA) is 46.2 Å². The lowest BCUT2D eigenvalue weighted by molar-refractivity contribution is -0.137. The van der Waals surface area contributed by atoms with Crippen LogP contribution >= 0.6 is 15.9 Å². The lowest BCUT2D eigenvalue weighted by Crippen LogP contribution is -2.26. The smallest absolute Gasteiger partial charge is 0.378 e. The van der Waals surface area contributed by atoms with Gasteiger partial charge in [0.1, 0.15) is 0 Å². The Hall–Kier alpha value is -2.29. The first-order valence-electron chi connectivity index (χ1n) is 7.27. The highest BCUT2D eigenvalue weighted by Gasteiger charge is 2.41. The first-order valence-corrected chi connectivity index (χ1v) is 8.06. The molecule has 136 valence electrons. The normalized spacial score (nSPS) is 13.7. The van der Waals surface area contributed by atoms with Crippen LogP contribution in [0.5, 0.6) is 0 Å². The summed E-state index contributed by atoms with van der Waals surface area (Å²) in [5, 5.41) is 1.99. The van der Waals surface area contributed by atoms with Crippen LogP contribution in [-0.2, 0) is 6.18 Å². The molecule has 0 saturated heterocycles. The Morgan fingerprint density at radius 2 is 1.54 bits per heavy atom. The van der Waals surface area contributed by atoms with E-state index in [9.17, 15) is 31.5 Å². The van der Waals surface area contributed by atoms with Crippen LogP contribution in [0, 0.1) is 0 Å². The van der Waals surface area contributed by atoms with Gasteiger partial charge in [-0.1, -0.05) is 24.3 Å². The van der Waals surface area contributed by atoms with Gasteiger partial charge in [0.25, 0.3) is 6.43 Å². The Balaban J connectivity index is 2.33. The zero-order valence-electron chi connectivity index (χ0n) is 12.8. The summed E-state index contributed by atoms with van der Waals surface area (Å²) in [5.74, 6) is -1.49. The van der Waals surface area contributed by atoms with Crippen molar-refractivity contribution < 1.29 is 31.5 Å². The van der Waals surface area contributed by atoms with Crippen molar-refractivity contribution in [2.75, 3.05) is 11.9 Å². The van der Waals surface area contributed by atoms with Gasteiger partial charge >= 0.3 is 6.18 Å². The number of benzene rings is 2. The highest BCUT2D eigenvalue weighted by molar-refractivity contribution is 9.10. The van der Waals surface area contributed by atoms with E-state index in [4.69, 9.17) is 0 Å². The van der Waals surface area contributed by atoms with Gasteiger partial charge in [0.15, 0.2) is 11.6 Å². The first kappa shape index (κ1) is 18.5. The van der Waals surface area contributed by atoms with Crippen LogP contribution in [0.25, 0.3) is 0 Å². The molecule has 3 nitrogen and oxygen atoms in total. The average Bonchev–Trinajstić information content (AvgIpc) is 2.56. The van der Waals surface area contributed by atoms with Gasteiger partial charge in [0.2, 0.25) is 0 Å². The van der Waals surface area contributed by atoms with Crippen LogP contribution in [-0.4, -0.2) is 24.5 Å². The maximum Gasteiger partial charge on any atom is 0.418 e. The van der Waals surface area contributed by atoms with Crippen molar-refractivity contribution >= 4 is 33.2 Å². The van der Waals surface area contributed by atoms with E-state index >= 15 is 0 Å². The van der Waals surface area contributed by atoms with Gasteiger partial charge in [-0.25, -0.2) is 8.78 Å². The fourth-order valence-corrected chi connectivity index (χ4v) is 3.44. The third-order valence-electron chi connectivity index (χ3n) is 3.89. The number of fused-ring (bicyclic) bond motifs is 2. The van der Waals surface area contributed by atoms with Crippen molar-refractivity contribution in [3.8, 4) is 0 Å². The predicted molar refractivity (Wildman–Crippen MR) is 86.9 cm³/mol. The molecule has 0 bridgehead atoms. The number of carbonyl (C=O) groups is 2. The summed E-state index contributed by atoms with van der Waals surface area (Å²) < 4.78 is 65.1. The monoisotopic (exact) mass is 433 g/mol. The van der Waals surface area contributed by atoms with E-state index < -0.39 is 47.5 Å². The SMILES string of the molecule is O=C1c2ccccc2C(=O)c2c(NCC(F)F)c(C(F)(F)F)cc(Br)c21. The van der Waals surface area contributed by atoms with E-state index in [0.717, 1.165) is 0 Å². The zero-order chi connectivity index (χ0) is 19.2. The minimum absolute atomic E-state index is 0.0465. The molecule has 0 heterocycles. The van der Waals surface area contributed by atoms with Gasteiger partial charge in [-0.15, -0.1) is 0 Å². The quantitative estimate of drug-likeness (QED) is 0.596. The number of alkyl halides is 5. The number of anilines is 1. The summed E-state index contributed by atoms with van der Waals surface area (Å²) in [5.41, 5.74) is -2.98. The van der Waals surface area contributed by atoms with Crippen molar-refractivity contribution in [2.45, 2.75) is 12.6 Å². The molecule has 1 aliphatic carbocycles. The van der Waals surface area contributed by atoms with E-state index in [1.807, 2.05) is 5.32 Å². The average molecular weight is 434 g/mol. The molecule has 2 aromatic carbocycles. The highest BCUT2D eigenvalue weighted by Crippen LogP contribution is 2.44. The van der Waals surface area contributed by atoms with Gasteiger partial charge in [-0.2, -0.15) is 13.2 Å². The molecule has 3 rings (SSSR count). The summed E-state index contributed by atoms with van der Waals surface area (Å²) in [4.78, 5) is 25.5. The van der Waals surface area contributed by atoms with Crippen LogP contribution < -0.4 is 5.32 Å². The van der Waals surface area contributed by atoms with Gasteiger partial charge in [0.05, 0.1) is 28.9 Å². The third-order valence-corrected chi connectivity index (χ3v) is 4.51. The molecule has 0 saturated carbocycles. The molecule has 9 heteroatoms. The van der Waals surface area contributed by atoms with Crippen molar-refractivity contribution in [1.82, 2.24) is 0 Å². The fraction of sp³-hybridized carbons (Fsp3) is 0.176. The number of hydrogen-bond acceptors (Lipinski definition) is 3. The Labute approximate surface area is 152 Å². The van der Waals surface area contributed by atoms with Crippen LogP contribution in [0.15, 0.2) is 34.8 Å². The number of rotatable bonds is 3. The molecule has 0 spiro atoms. The number of nitrogens with one attached hydrogen (secondary N) is 1. The van der Waals surface area contributed by atoms with E-state index in [-0.39, 0.29) is 21.2 Å². The molecule has 0 aliphatic heterocycles. The van der Waals surface area contributed by atoms with Gasteiger partial charge in [0, 0.05) is 15.6 Å². The van der Waals surface area contributed by atoms with Crippen LogP contribution in [0.4, 0.5) is 27.6 Å². The van der Waals surface area contributed by atoms with Crippen molar-refractivity contribution in [1.29, 1.82) is 0 Å². The summed E-state index contributed by atoms with van der Waals surface area (Å²) in [6.07, 6.45) is -7.86. The van der Waals surface area contributed by atoms with Gasteiger partial charge < -0.3 is 5.32 Å². The van der Waals surface area contributed by atoms with Crippen LogP contribution in [0.3, 0.4) is 0 Å². The molecule has 0 unspecified atom stereocenters. The molecule has 0 aromatic heterocycles. The van der Waals surface area contributed by atoms with Crippen molar-refractivity contribution in [2.24, 2.45) is 0 Å². The Kier molecular flexibility index (Phi) is 4.60. The zero-order valence-corrected chi connectivity index (χ0v) is 14.3. The molecule has 2 aromatic rings. The molecule has 1 aliphatic rings. The number of hydrogen-bond donors (Lipinski definition) is 1. The minimum atomic E-state index is -4.91. The van der Waals surface area contributed by atoms with Crippen molar-refractivity contribution in [3.63, 3.8) is 0 Å². The molecule has 0 amide bonds. The second-order valence-corrected chi connectivity index (χ2v) is 6.36. The molecule has 0 fully saturated rings. The van der Waals surface area contributed by atoms with E-state index in [2.05, 4.69) is 15.9 Å². The molecular weight excluding hydrogens is 425 g/mol. The maximum atomic E-state index is 13.4. The first-order chi connectivity index (χ1) is 12.1. The standard InChI is InChI=1S/C17H9BrF5NO2/c18-10-5-9(17(21,22)23)14(24-6-11(19)20)13-12(10)15(25)7-3-1-2-4-8(7)16(13)26/h1-5,11,24H,6H2. The van der Waals surface area contributed by atoms with Gasteiger partial charge in [-0.3, -0.25) is 9.59 Å². The predicted octanol–water partition coefficient (Wildman–Crippen LogP) is 4.92. The Morgan fingerprint density at radius 1 is 1.00 bits per heavy atom. The molecule has 1 N–H and O–H groups in total. The third kappa shape index (κ3) is 3.00. The van der Waals surface area contributed by atoms with Crippen LogP contribution in [0.2, 0.25) is 0 Å². The summed E-state index contributed by atoms with van der Waals surface area (Å²) in [6, 6.07) is 6.29. The maximum absolute atomic E-state index is 13.4. The van der Waals surface area contributed by atoms with E-state index in [1.54, 1.807) is 0 Å². The molecule has 0 atom stereocenters. The number of ketones is 2. The second kappa shape index (κ2) is 6.46. The molecular formula is C17H9BrF5NO2. The lowest BCUT2D eigenvalue weighted by atomic mass is 9.82. The van der Waals surface area contributed by atoms with E-state index in [1.165, 1.54) is 24.3 Å². The fourth-order valence-electron chi connectivity index (χ4n) is 2.83.